The molecule has 0 aromatic carbocycles. The smallest absolute Gasteiger partial charge is 0.0791 e. The third kappa shape index (κ3) is 9.28. The predicted octanol–water partition coefficient (Wildman–Crippen LogP) is 3.58. The van der Waals surface area contributed by atoms with Crippen LogP contribution < -0.4 is 0 Å². The van der Waals surface area contributed by atoms with Gasteiger partial charge in [-0.05, 0) is 18.9 Å². The van der Waals surface area contributed by atoms with Gasteiger partial charge in [0.15, 0.2) is 0 Å². The first-order valence-electron chi connectivity index (χ1n) is 4.37. The third-order valence-electron chi connectivity index (χ3n) is 1.56. The van der Waals surface area contributed by atoms with Crippen molar-refractivity contribution in [2.24, 2.45) is 0 Å². The number of allylic oxidation sites excluding steroid dienone is 3. The molecular weight excluding hydrogens is 136 g/mol. The minimum atomic E-state index is 1.06. The number of aliphatic hydroxyl groups is 1. The molecule has 0 saturated carbocycles. The van der Waals surface area contributed by atoms with E-state index < -0.39 is 0 Å². The van der Waals surface area contributed by atoms with Gasteiger partial charge in [-0.2, -0.15) is 0 Å². The van der Waals surface area contributed by atoms with Gasteiger partial charge in [0.05, 0.1) is 6.26 Å². The average Bonchev–Trinajstić information content (AvgIpc) is 2.03. The fourth-order valence-corrected chi connectivity index (χ4v) is 0.913. The first-order valence-corrected chi connectivity index (χ1v) is 4.37. The molecule has 0 unspecified atom stereocenters. The minimum Gasteiger partial charge on any atom is -0.516 e. The zero-order chi connectivity index (χ0) is 8.36. The summed E-state index contributed by atoms with van der Waals surface area (Å²) in [6, 6.07) is 0. The van der Waals surface area contributed by atoms with E-state index in [1.165, 1.54) is 25.7 Å². The van der Waals surface area contributed by atoms with Crippen LogP contribution in [0.4, 0.5) is 0 Å². The van der Waals surface area contributed by atoms with Crippen LogP contribution in [0.15, 0.2) is 24.5 Å². The van der Waals surface area contributed by atoms with Crippen LogP contribution in [0.2, 0.25) is 0 Å². The van der Waals surface area contributed by atoms with Crippen LogP contribution in [0.3, 0.4) is 0 Å². The molecule has 0 rings (SSSR count). The summed E-state index contributed by atoms with van der Waals surface area (Å²) in [4.78, 5) is 0. The van der Waals surface area contributed by atoms with Gasteiger partial charge in [0.2, 0.25) is 0 Å². The molecule has 0 aliphatic carbocycles. The van der Waals surface area contributed by atoms with E-state index in [2.05, 4.69) is 13.0 Å². The molecule has 64 valence electrons. The maximum atomic E-state index is 8.28. The van der Waals surface area contributed by atoms with Crippen molar-refractivity contribution >= 4 is 0 Å². The summed E-state index contributed by atoms with van der Waals surface area (Å²) in [7, 11) is 0. The highest BCUT2D eigenvalue weighted by atomic mass is 16.2. The zero-order valence-electron chi connectivity index (χ0n) is 7.29. The van der Waals surface area contributed by atoms with Gasteiger partial charge in [-0.15, -0.1) is 0 Å². The largest absolute Gasteiger partial charge is 0.516 e. The van der Waals surface area contributed by atoms with Crippen molar-refractivity contribution in [2.45, 2.75) is 39.0 Å². The van der Waals surface area contributed by atoms with Gasteiger partial charge in [0.1, 0.15) is 0 Å². The minimum absolute atomic E-state index is 1.06. The standard InChI is InChI=1S/C10H18O/c1-2-3-4-5-6-7-8-9-10-11/h7-11H,2-6H2,1H3/b8-7?,10-9+. The van der Waals surface area contributed by atoms with E-state index in [0.717, 1.165) is 12.7 Å². The van der Waals surface area contributed by atoms with E-state index in [9.17, 15) is 0 Å². The lowest BCUT2D eigenvalue weighted by molar-refractivity contribution is 0.473. The first kappa shape index (κ1) is 10.3. The van der Waals surface area contributed by atoms with Crippen molar-refractivity contribution in [3.05, 3.63) is 24.5 Å². The van der Waals surface area contributed by atoms with Crippen LogP contribution in [0.1, 0.15) is 39.0 Å². The Kier molecular flexibility index (Phi) is 8.67. The van der Waals surface area contributed by atoms with E-state index in [0.29, 0.717) is 0 Å². The first-order chi connectivity index (χ1) is 5.41. The summed E-state index contributed by atoms with van der Waals surface area (Å²) >= 11 is 0. The quantitative estimate of drug-likeness (QED) is 0.352. The van der Waals surface area contributed by atoms with Crippen molar-refractivity contribution in [2.75, 3.05) is 0 Å². The highest BCUT2D eigenvalue weighted by molar-refractivity contribution is 4.98. The van der Waals surface area contributed by atoms with Gasteiger partial charge in [0, 0.05) is 0 Å². The molecule has 0 radical (unpaired) electrons. The normalized spacial score (nSPS) is 11.7. The summed E-state index contributed by atoms with van der Waals surface area (Å²) in [6.07, 6.45) is 13.0. The molecule has 0 aliphatic rings. The monoisotopic (exact) mass is 154 g/mol. The summed E-state index contributed by atoms with van der Waals surface area (Å²) in [5.41, 5.74) is 0. The van der Waals surface area contributed by atoms with Gasteiger partial charge < -0.3 is 5.11 Å². The molecule has 0 heterocycles. The summed E-state index contributed by atoms with van der Waals surface area (Å²) in [5, 5.41) is 8.28. The molecule has 0 saturated heterocycles. The Hall–Kier alpha value is -0.720. The lowest BCUT2D eigenvalue weighted by Crippen LogP contribution is -1.72. The molecule has 0 aromatic heterocycles. The molecule has 1 N–H and O–H groups in total. The molecule has 0 spiro atoms. The number of rotatable bonds is 6. The Labute approximate surface area is 69.4 Å². The molecule has 0 aromatic rings. The highest BCUT2D eigenvalue weighted by Crippen LogP contribution is 2.02. The number of aliphatic hydroxyl groups excluding tert-OH is 1. The lowest BCUT2D eigenvalue weighted by atomic mass is 10.1. The van der Waals surface area contributed by atoms with Crippen LogP contribution in [0.25, 0.3) is 0 Å². The Morgan fingerprint density at radius 1 is 1.09 bits per heavy atom. The number of hydrogen-bond donors (Lipinski definition) is 1. The Balaban J connectivity index is 3.01. The summed E-state index contributed by atoms with van der Waals surface area (Å²) in [5.74, 6) is 0. The molecule has 1 nitrogen and oxygen atoms in total. The van der Waals surface area contributed by atoms with Crippen LogP contribution in [-0.2, 0) is 0 Å². The van der Waals surface area contributed by atoms with Gasteiger partial charge >= 0.3 is 0 Å². The average molecular weight is 154 g/mol. The fourth-order valence-electron chi connectivity index (χ4n) is 0.913. The zero-order valence-corrected chi connectivity index (χ0v) is 7.29. The van der Waals surface area contributed by atoms with E-state index >= 15 is 0 Å². The number of unbranched alkanes of at least 4 members (excludes halogenated alkanes) is 4. The second-order valence-corrected chi connectivity index (χ2v) is 2.62. The summed E-state index contributed by atoms with van der Waals surface area (Å²) in [6.45, 7) is 2.21. The number of hydrogen-bond acceptors (Lipinski definition) is 1. The topological polar surface area (TPSA) is 20.2 Å². The predicted molar refractivity (Wildman–Crippen MR) is 49.7 cm³/mol. The molecule has 0 aliphatic heterocycles. The van der Waals surface area contributed by atoms with Crippen molar-refractivity contribution < 1.29 is 5.11 Å². The van der Waals surface area contributed by atoms with E-state index in [4.69, 9.17) is 5.11 Å². The molecule has 0 bridgehead atoms. The molecule has 1 heteroatoms. The lowest BCUT2D eigenvalue weighted by Gasteiger charge is -1.92. The van der Waals surface area contributed by atoms with Crippen molar-refractivity contribution in [3.8, 4) is 0 Å². The maximum absolute atomic E-state index is 8.28. The molecular formula is C10H18O. The Bertz CT molecular complexity index is 114. The second kappa shape index (κ2) is 9.28. The Morgan fingerprint density at radius 2 is 1.91 bits per heavy atom. The maximum Gasteiger partial charge on any atom is 0.0791 e. The van der Waals surface area contributed by atoms with E-state index in [1.54, 1.807) is 6.08 Å². The van der Waals surface area contributed by atoms with Gasteiger partial charge in [0.25, 0.3) is 0 Å². The molecule has 0 atom stereocenters. The van der Waals surface area contributed by atoms with Crippen LogP contribution in [-0.4, -0.2) is 5.11 Å². The van der Waals surface area contributed by atoms with E-state index in [-0.39, 0.29) is 0 Å². The summed E-state index contributed by atoms with van der Waals surface area (Å²) < 4.78 is 0. The SMILES string of the molecule is CCCCCCC=C/C=C/O. The second-order valence-electron chi connectivity index (χ2n) is 2.62. The van der Waals surface area contributed by atoms with Gasteiger partial charge in [-0.25, -0.2) is 0 Å². The highest BCUT2D eigenvalue weighted by Gasteiger charge is 1.82. The third-order valence-corrected chi connectivity index (χ3v) is 1.56. The van der Waals surface area contributed by atoms with Gasteiger partial charge in [-0.1, -0.05) is 38.3 Å². The Morgan fingerprint density at radius 3 is 2.55 bits per heavy atom. The molecule has 11 heavy (non-hydrogen) atoms. The molecule has 0 fully saturated rings. The van der Waals surface area contributed by atoms with E-state index in [1.807, 2.05) is 6.08 Å². The molecule has 0 amide bonds. The van der Waals surface area contributed by atoms with Crippen molar-refractivity contribution in [1.82, 2.24) is 0 Å². The van der Waals surface area contributed by atoms with Crippen LogP contribution in [0.5, 0.6) is 0 Å². The van der Waals surface area contributed by atoms with Crippen LogP contribution in [0, 0.1) is 0 Å². The van der Waals surface area contributed by atoms with Crippen LogP contribution >= 0.6 is 0 Å². The van der Waals surface area contributed by atoms with Crippen molar-refractivity contribution in [1.29, 1.82) is 0 Å². The van der Waals surface area contributed by atoms with Gasteiger partial charge in [-0.3, -0.25) is 0 Å². The van der Waals surface area contributed by atoms with Crippen molar-refractivity contribution in [3.63, 3.8) is 0 Å². The fraction of sp³-hybridized carbons (Fsp3) is 0.600.